The van der Waals surface area contributed by atoms with E-state index < -0.39 is 83.5 Å². The van der Waals surface area contributed by atoms with Crippen LogP contribution < -0.4 is 20.7 Å². The van der Waals surface area contributed by atoms with E-state index in [1.54, 1.807) is 0 Å². The van der Waals surface area contributed by atoms with Crippen molar-refractivity contribution in [3.63, 3.8) is 0 Å². The summed E-state index contributed by atoms with van der Waals surface area (Å²) < 4.78 is 75.3. The number of halogens is 5. The van der Waals surface area contributed by atoms with Crippen LogP contribution in [0, 0.1) is 35.0 Å². The van der Waals surface area contributed by atoms with E-state index in [0.717, 1.165) is 0 Å². The van der Waals surface area contributed by atoms with Crippen LogP contribution in [0.3, 0.4) is 0 Å². The van der Waals surface area contributed by atoms with Gasteiger partial charge < -0.3 is 30.5 Å². The zero-order valence-corrected chi connectivity index (χ0v) is 20.0. The molecule has 0 aliphatic rings. The molecule has 2 aromatic carbocycles. The number of benzene rings is 2. The van der Waals surface area contributed by atoms with Crippen LogP contribution in [-0.2, 0) is 20.9 Å². The molecule has 0 bridgehead atoms. The molecule has 0 aliphatic carbocycles. The van der Waals surface area contributed by atoms with E-state index in [1.807, 2.05) is 0 Å². The topological polar surface area (TPSA) is 143 Å². The van der Waals surface area contributed by atoms with Crippen molar-refractivity contribution in [2.45, 2.75) is 39.5 Å². The molecule has 0 spiro atoms. The Bertz CT molecular complexity index is 1200. The molecule has 0 saturated heterocycles. The number of hydrogen-bond acceptors (Lipinski definition) is 6. The number of amides is 3. The maximum absolute atomic E-state index is 13.6. The quantitative estimate of drug-likeness (QED) is 0.123. The SMILES string of the molecule is C[C@H](NC(=O)[C@@H](C)[C@H](C)NC(=O)O)C(=O)Nc1ccc(COC(=O)Oc2c(F)c(F)c(F)c(F)c2F)cc1. The van der Waals surface area contributed by atoms with Crippen LogP contribution in [0.4, 0.5) is 37.2 Å². The molecule has 15 heteroatoms. The average Bonchev–Trinajstić information content (AvgIpc) is 2.87. The van der Waals surface area contributed by atoms with E-state index in [4.69, 9.17) is 5.11 Å². The second-order valence-electron chi connectivity index (χ2n) is 7.98. The van der Waals surface area contributed by atoms with Gasteiger partial charge >= 0.3 is 12.2 Å². The third kappa shape index (κ3) is 7.54. The molecule has 0 unspecified atom stereocenters. The van der Waals surface area contributed by atoms with Gasteiger partial charge in [-0.3, -0.25) is 9.59 Å². The monoisotopic (exact) mass is 547 g/mol. The lowest BCUT2D eigenvalue weighted by atomic mass is 10.0. The summed E-state index contributed by atoms with van der Waals surface area (Å²) in [5, 5.41) is 15.9. The summed E-state index contributed by atoms with van der Waals surface area (Å²) in [4.78, 5) is 47.0. The summed E-state index contributed by atoms with van der Waals surface area (Å²) in [5.41, 5.74) is 0.574. The molecule has 2 rings (SSSR count). The molecule has 0 radical (unpaired) electrons. The van der Waals surface area contributed by atoms with Crippen LogP contribution in [0.1, 0.15) is 26.3 Å². The number of carbonyl (C=O) groups excluding carboxylic acids is 3. The third-order valence-electron chi connectivity index (χ3n) is 5.20. The first-order chi connectivity index (χ1) is 17.7. The summed E-state index contributed by atoms with van der Waals surface area (Å²) in [6.07, 6.45) is -3.03. The Hall–Kier alpha value is -4.43. The molecule has 4 N–H and O–H groups in total. The maximum Gasteiger partial charge on any atom is 0.514 e. The first-order valence-electron chi connectivity index (χ1n) is 10.8. The number of rotatable bonds is 9. The van der Waals surface area contributed by atoms with Crippen molar-refractivity contribution < 1.29 is 55.7 Å². The van der Waals surface area contributed by atoms with Gasteiger partial charge in [-0.15, -0.1) is 0 Å². The van der Waals surface area contributed by atoms with Crippen LogP contribution in [0.2, 0.25) is 0 Å². The van der Waals surface area contributed by atoms with Crippen LogP contribution >= 0.6 is 0 Å². The van der Waals surface area contributed by atoms with Gasteiger partial charge in [-0.1, -0.05) is 19.1 Å². The number of carboxylic acid groups (broad SMARTS) is 1. The summed E-state index contributed by atoms with van der Waals surface area (Å²) in [6.45, 7) is 3.87. The Kier molecular flexibility index (Phi) is 9.95. The average molecular weight is 547 g/mol. The van der Waals surface area contributed by atoms with Crippen molar-refractivity contribution in [2.75, 3.05) is 5.32 Å². The highest BCUT2D eigenvalue weighted by Gasteiger charge is 2.29. The van der Waals surface area contributed by atoms with Gasteiger partial charge in [-0.2, -0.15) is 8.78 Å². The third-order valence-corrected chi connectivity index (χ3v) is 5.20. The Labute approximate surface area is 212 Å². The highest BCUT2D eigenvalue weighted by molar-refractivity contribution is 5.97. The molecule has 2 aromatic rings. The molecule has 0 fully saturated rings. The van der Waals surface area contributed by atoms with Crippen LogP contribution in [-0.4, -0.2) is 41.3 Å². The summed E-state index contributed by atoms with van der Waals surface area (Å²) >= 11 is 0. The highest BCUT2D eigenvalue weighted by atomic mass is 19.2. The lowest BCUT2D eigenvalue weighted by Gasteiger charge is -2.21. The van der Waals surface area contributed by atoms with E-state index in [9.17, 15) is 41.1 Å². The fourth-order valence-electron chi connectivity index (χ4n) is 2.82. The minimum atomic E-state index is -2.41. The maximum atomic E-state index is 13.6. The van der Waals surface area contributed by atoms with Gasteiger partial charge in [0.1, 0.15) is 12.6 Å². The second kappa shape index (κ2) is 12.7. The zero-order chi connectivity index (χ0) is 28.7. The fraction of sp³-hybridized carbons (Fsp3) is 0.304. The molecule has 0 saturated carbocycles. The molecular formula is C23H22F5N3O7. The molecule has 10 nitrogen and oxygen atoms in total. The van der Waals surface area contributed by atoms with E-state index in [1.165, 1.54) is 45.0 Å². The first kappa shape index (κ1) is 29.8. The van der Waals surface area contributed by atoms with Crippen molar-refractivity contribution in [1.82, 2.24) is 10.6 Å². The number of carbonyl (C=O) groups is 4. The molecule has 0 heterocycles. The Morgan fingerprint density at radius 2 is 1.34 bits per heavy atom. The first-order valence-corrected chi connectivity index (χ1v) is 10.8. The number of nitrogens with one attached hydrogen (secondary N) is 3. The van der Waals surface area contributed by atoms with E-state index in [-0.39, 0.29) is 5.69 Å². The minimum absolute atomic E-state index is 0.276. The lowest BCUT2D eigenvalue weighted by Crippen LogP contribution is -2.48. The molecule has 38 heavy (non-hydrogen) atoms. The largest absolute Gasteiger partial charge is 0.514 e. The van der Waals surface area contributed by atoms with Crippen LogP contribution in [0.15, 0.2) is 24.3 Å². The highest BCUT2D eigenvalue weighted by Crippen LogP contribution is 2.29. The normalized spacial score (nSPS) is 13.1. The Morgan fingerprint density at radius 3 is 1.87 bits per heavy atom. The molecule has 3 amide bonds. The van der Waals surface area contributed by atoms with Gasteiger partial charge in [-0.25, -0.2) is 22.8 Å². The Balaban J connectivity index is 1.89. The van der Waals surface area contributed by atoms with E-state index in [0.29, 0.717) is 5.56 Å². The van der Waals surface area contributed by atoms with Crippen LogP contribution in [0.5, 0.6) is 5.75 Å². The van der Waals surface area contributed by atoms with Crippen molar-refractivity contribution in [2.24, 2.45) is 5.92 Å². The van der Waals surface area contributed by atoms with Gasteiger partial charge in [0.25, 0.3) is 0 Å². The summed E-state index contributed by atoms with van der Waals surface area (Å²) in [5.74, 6) is -15.4. The lowest BCUT2D eigenvalue weighted by molar-refractivity contribution is -0.129. The predicted molar refractivity (Wildman–Crippen MR) is 120 cm³/mol. The second-order valence-corrected chi connectivity index (χ2v) is 7.98. The van der Waals surface area contributed by atoms with Crippen molar-refractivity contribution >= 4 is 29.8 Å². The van der Waals surface area contributed by atoms with E-state index in [2.05, 4.69) is 25.4 Å². The number of hydrogen-bond donors (Lipinski definition) is 4. The number of ether oxygens (including phenoxy) is 2. The molecule has 0 aromatic heterocycles. The van der Waals surface area contributed by atoms with Crippen molar-refractivity contribution in [3.05, 3.63) is 58.9 Å². The van der Waals surface area contributed by atoms with Crippen LogP contribution in [0.25, 0.3) is 0 Å². The van der Waals surface area contributed by atoms with Crippen molar-refractivity contribution in [3.8, 4) is 5.75 Å². The minimum Gasteiger partial charge on any atom is -0.465 e. The Morgan fingerprint density at radius 1 is 0.816 bits per heavy atom. The molecule has 3 atom stereocenters. The van der Waals surface area contributed by atoms with Gasteiger partial charge in [0.05, 0.1) is 5.92 Å². The number of anilines is 1. The molecule has 0 aliphatic heterocycles. The van der Waals surface area contributed by atoms with Crippen molar-refractivity contribution in [1.29, 1.82) is 0 Å². The summed E-state index contributed by atoms with van der Waals surface area (Å²) in [7, 11) is 0. The van der Waals surface area contributed by atoms with Gasteiger partial charge in [0, 0.05) is 11.7 Å². The summed E-state index contributed by atoms with van der Waals surface area (Å²) in [6, 6.07) is 3.86. The standard InChI is InChI=1S/C23H22F5N3O7/c1-9(10(2)30-22(34)35)20(32)29-11(3)21(33)31-13-6-4-12(5-7-13)8-37-23(36)38-19-17(27)15(25)14(24)16(26)18(19)28/h4-7,9-11,30H,8H2,1-3H3,(H,29,32)(H,31,33)(H,34,35)/t9-,10-,11-/m0/s1. The fourth-order valence-corrected chi connectivity index (χ4v) is 2.82. The smallest absolute Gasteiger partial charge is 0.465 e. The molecule has 206 valence electrons. The van der Waals surface area contributed by atoms with E-state index >= 15 is 0 Å². The van der Waals surface area contributed by atoms with Gasteiger partial charge in [0.2, 0.25) is 46.6 Å². The van der Waals surface area contributed by atoms with Gasteiger partial charge in [0.15, 0.2) is 0 Å². The zero-order valence-electron chi connectivity index (χ0n) is 20.0. The predicted octanol–water partition coefficient (Wildman–Crippen LogP) is 3.83. The molecular weight excluding hydrogens is 525 g/mol. The van der Waals surface area contributed by atoms with Gasteiger partial charge in [-0.05, 0) is 31.5 Å².